The fraction of sp³-hybridized carbons (Fsp3) is 0.667. The molecule has 1 unspecified atom stereocenters. The van der Waals surface area contributed by atoms with Crippen LogP contribution in [-0.4, -0.2) is 31.9 Å². The molecule has 1 aromatic rings. The first kappa shape index (κ1) is 20.0. The Hall–Kier alpha value is -1.65. The Labute approximate surface area is 185 Å². The summed E-state index contributed by atoms with van der Waals surface area (Å²) >= 11 is 0. The average molecular weight is 423 g/mol. The van der Waals surface area contributed by atoms with Gasteiger partial charge in [0.25, 0.3) is 0 Å². The molecule has 1 spiro atoms. The Balaban J connectivity index is 1.40. The quantitative estimate of drug-likeness (QED) is 0.652. The Bertz CT molecular complexity index is 896. The van der Waals surface area contributed by atoms with Crippen LogP contribution in [0.3, 0.4) is 0 Å². The Morgan fingerprint density at radius 2 is 1.77 bits per heavy atom. The van der Waals surface area contributed by atoms with Crippen LogP contribution in [0.2, 0.25) is 0 Å². The van der Waals surface area contributed by atoms with Gasteiger partial charge >= 0.3 is 0 Å². The van der Waals surface area contributed by atoms with Gasteiger partial charge in [-0.15, -0.1) is 0 Å². The lowest BCUT2D eigenvalue weighted by atomic mass is 9.49. The van der Waals surface area contributed by atoms with E-state index in [-0.39, 0.29) is 5.41 Å². The second-order valence-corrected chi connectivity index (χ2v) is 10.8. The van der Waals surface area contributed by atoms with Gasteiger partial charge in [-0.3, -0.25) is 4.79 Å². The van der Waals surface area contributed by atoms with Gasteiger partial charge in [-0.1, -0.05) is 19.1 Å². The van der Waals surface area contributed by atoms with E-state index in [1.807, 2.05) is 0 Å². The summed E-state index contributed by atoms with van der Waals surface area (Å²) in [5.41, 5.74) is 2.61. The van der Waals surface area contributed by atoms with Crippen LogP contribution in [0.5, 0.6) is 5.75 Å². The van der Waals surface area contributed by atoms with Gasteiger partial charge < -0.3 is 14.2 Å². The number of benzene rings is 1. The molecule has 0 amide bonds. The van der Waals surface area contributed by atoms with Crippen LogP contribution in [0.4, 0.5) is 0 Å². The zero-order valence-corrected chi connectivity index (χ0v) is 18.8. The van der Waals surface area contributed by atoms with E-state index in [1.165, 1.54) is 30.4 Å². The molecule has 0 aromatic heterocycles. The fourth-order valence-electron chi connectivity index (χ4n) is 8.09. The zero-order chi connectivity index (χ0) is 21.2. The van der Waals surface area contributed by atoms with Crippen molar-refractivity contribution >= 4 is 11.4 Å². The van der Waals surface area contributed by atoms with Crippen LogP contribution in [0.25, 0.3) is 5.57 Å². The van der Waals surface area contributed by atoms with E-state index in [1.54, 1.807) is 7.11 Å². The smallest absolute Gasteiger partial charge is 0.188 e. The van der Waals surface area contributed by atoms with Crippen LogP contribution in [-0.2, 0) is 14.3 Å². The molecular weight excluding hydrogens is 388 g/mol. The van der Waals surface area contributed by atoms with Crippen LogP contribution in [0.1, 0.15) is 57.4 Å². The third-order valence-electron chi connectivity index (χ3n) is 9.52. The van der Waals surface area contributed by atoms with E-state index < -0.39 is 5.79 Å². The van der Waals surface area contributed by atoms with Crippen molar-refractivity contribution in [2.24, 2.45) is 35.0 Å². The van der Waals surface area contributed by atoms with Crippen molar-refractivity contribution in [2.75, 3.05) is 20.3 Å². The number of carbonyl (C=O) groups excluding carboxylic acids is 1. The molecule has 1 aliphatic heterocycles. The highest BCUT2D eigenvalue weighted by Crippen LogP contribution is 2.63. The van der Waals surface area contributed by atoms with Crippen molar-refractivity contribution in [3.05, 3.63) is 35.9 Å². The second-order valence-electron chi connectivity index (χ2n) is 10.8. The van der Waals surface area contributed by atoms with Gasteiger partial charge in [0.1, 0.15) is 11.5 Å². The van der Waals surface area contributed by atoms with Crippen LogP contribution in [0.15, 0.2) is 30.3 Å². The summed E-state index contributed by atoms with van der Waals surface area (Å²) in [4.78, 5) is 12.7. The molecule has 4 nitrogen and oxygen atoms in total. The Morgan fingerprint density at radius 1 is 1.00 bits per heavy atom. The molecule has 0 N–H and O–H groups in total. The number of methoxy groups -OCH3 is 1. The van der Waals surface area contributed by atoms with Gasteiger partial charge in [0.05, 0.1) is 20.3 Å². The summed E-state index contributed by atoms with van der Waals surface area (Å²) < 4.78 is 17.8. The van der Waals surface area contributed by atoms with E-state index in [0.717, 1.165) is 31.4 Å². The molecule has 1 heterocycles. The van der Waals surface area contributed by atoms with Crippen LogP contribution in [0, 0.1) is 35.0 Å². The molecule has 4 aliphatic carbocycles. The number of rotatable bonds is 2. The summed E-state index contributed by atoms with van der Waals surface area (Å²) in [6.07, 6.45) is 9.90. The minimum Gasteiger partial charge on any atom is -0.497 e. The first-order valence-corrected chi connectivity index (χ1v) is 12.2. The van der Waals surface area contributed by atoms with Gasteiger partial charge in [0.15, 0.2) is 5.79 Å². The molecule has 4 fully saturated rings. The maximum Gasteiger partial charge on any atom is 0.188 e. The number of allylic oxidation sites excluding steroid dienone is 1. The summed E-state index contributed by atoms with van der Waals surface area (Å²) in [5, 5.41) is 0. The average Bonchev–Trinajstić information content (AvgIpc) is 3.37. The van der Waals surface area contributed by atoms with E-state index in [0.29, 0.717) is 48.6 Å². The number of fused-ring (bicyclic) bond motifs is 5. The van der Waals surface area contributed by atoms with Crippen molar-refractivity contribution < 1.29 is 19.0 Å². The minimum absolute atomic E-state index is 0.0639. The number of Topliss-reactive ketones (excluding diaryl/α,β-unsaturated/α-hetero) is 1. The molecule has 5 aliphatic rings. The van der Waals surface area contributed by atoms with Crippen molar-refractivity contribution in [3.8, 4) is 5.75 Å². The monoisotopic (exact) mass is 422 g/mol. The third-order valence-corrected chi connectivity index (χ3v) is 9.52. The molecule has 31 heavy (non-hydrogen) atoms. The molecule has 3 saturated carbocycles. The molecule has 166 valence electrons. The standard InChI is InChI=1S/C27H34O4/c1-26-12-11-21-20(23(26)9-10-24(26)28)8-5-18-15-27(30-13-14-31-27)16-22(25(18)21)17-3-6-19(29-2)7-4-17/h3-4,6-7,16,18,20-21,23,25H,5,8-15H2,1-2H3/t18?,20-,21+,23+,25+,26+/m1/s1. The Kier molecular flexibility index (Phi) is 4.63. The summed E-state index contributed by atoms with van der Waals surface area (Å²) in [6, 6.07) is 8.53. The largest absolute Gasteiger partial charge is 0.497 e. The van der Waals surface area contributed by atoms with Crippen LogP contribution < -0.4 is 4.74 Å². The van der Waals surface area contributed by atoms with Gasteiger partial charge in [-0.05, 0) is 91.0 Å². The lowest BCUT2D eigenvalue weighted by Crippen LogP contribution is -2.50. The minimum atomic E-state index is -0.546. The molecule has 1 saturated heterocycles. The SMILES string of the molecule is COc1ccc(C2=CC3(CC4CC[C@@H]5[C@H](CC[C@]6(C)C(=O)CC[C@@H]56)[C@@H]24)OCCO3)cc1. The second kappa shape index (κ2) is 7.18. The van der Waals surface area contributed by atoms with Crippen molar-refractivity contribution in [2.45, 2.75) is 57.7 Å². The highest BCUT2D eigenvalue weighted by Gasteiger charge is 2.58. The number of hydrogen-bond acceptors (Lipinski definition) is 4. The lowest BCUT2D eigenvalue weighted by Gasteiger charge is -2.55. The highest BCUT2D eigenvalue weighted by atomic mass is 16.7. The number of ketones is 1. The lowest BCUT2D eigenvalue weighted by molar-refractivity contribution is -0.149. The number of hydrogen-bond donors (Lipinski definition) is 0. The fourth-order valence-corrected chi connectivity index (χ4v) is 8.09. The topological polar surface area (TPSA) is 44.8 Å². The van der Waals surface area contributed by atoms with Crippen molar-refractivity contribution in [1.82, 2.24) is 0 Å². The molecule has 6 rings (SSSR count). The maximum absolute atomic E-state index is 12.7. The third kappa shape index (κ3) is 2.97. The number of ether oxygens (including phenoxy) is 3. The van der Waals surface area contributed by atoms with Crippen LogP contribution >= 0.6 is 0 Å². The van der Waals surface area contributed by atoms with Gasteiger partial charge in [0, 0.05) is 18.3 Å². The zero-order valence-electron chi connectivity index (χ0n) is 18.8. The van der Waals surface area contributed by atoms with E-state index >= 15 is 0 Å². The maximum atomic E-state index is 12.7. The Morgan fingerprint density at radius 3 is 2.52 bits per heavy atom. The predicted octanol–water partition coefficient (Wildman–Crippen LogP) is 5.26. The molecule has 1 aromatic carbocycles. The van der Waals surface area contributed by atoms with Gasteiger partial charge in [-0.2, -0.15) is 0 Å². The van der Waals surface area contributed by atoms with E-state index in [9.17, 15) is 4.79 Å². The normalized spacial score (nSPS) is 40.8. The van der Waals surface area contributed by atoms with Gasteiger partial charge in [-0.25, -0.2) is 0 Å². The van der Waals surface area contributed by atoms with E-state index in [2.05, 4.69) is 37.3 Å². The number of carbonyl (C=O) groups is 1. The summed E-state index contributed by atoms with van der Waals surface area (Å²) in [7, 11) is 1.72. The molecule has 6 atom stereocenters. The molecule has 0 bridgehead atoms. The van der Waals surface area contributed by atoms with Crippen molar-refractivity contribution in [1.29, 1.82) is 0 Å². The molecule has 0 radical (unpaired) electrons. The molecular formula is C27H34O4. The highest BCUT2D eigenvalue weighted by molar-refractivity contribution is 5.87. The molecule has 4 heteroatoms. The first-order valence-electron chi connectivity index (χ1n) is 12.2. The first-order chi connectivity index (χ1) is 15.0. The summed E-state index contributed by atoms with van der Waals surface area (Å²) in [5.74, 6) is 3.90. The predicted molar refractivity (Wildman–Crippen MR) is 118 cm³/mol. The van der Waals surface area contributed by atoms with Crippen molar-refractivity contribution in [3.63, 3.8) is 0 Å². The summed E-state index contributed by atoms with van der Waals surface area (Å²) in [6.45, 7) is 3.63. The van der Waals surface area contributed by atoms with Gasteiger partial charge in [0.2, 0.25) is 0 Å². The van der Waals surface area contributed by atoms with E-state index in [4.69, 9.17) is 14.2 Å².